The molecule has 9 heteroatoms. The summed E-state index contributed by atoms with van der Waals surface area (Å²) in [5.74, 6) is -0.468. The Morgan fingerprint density at radius 2 is 2.21 bits per heavy atom. The maximum atomic E-state index is 11.9. The van der Waals surface area contributed by atoms with Gasteiger partial charge in [-0.1, -0.05) is 0 Å². The molecule has 1 aromatic carbocycles. The molecular weight excluding hydrogens is 400 g/mol. The fraction of sp³-hybridized carbons (Fsp3) is 0.0667. The van der Waals surface area contributed by atoms with Crippen LogP contribution in [0, 0.1) is 10.1 Å². The van der Waals surface area contributed by atoms with E-state index in [9.17, 15) is 14.9 Å². The Kier molecular flexibility index (Phi) is 4.45. The van der Waals surface area contributed by atoms with Crippen molar-refractivity contribution in [1.82, 2.24) is 0 Å². The summed E-state index contributed by atoms with van der Waals surface area (Å²) in [7, 11) is 1.34. The Morgan fingerprint density at radius 3 is 2.83 bits per heavy atom. The van der Waals surface area contributed by atoms with E-state index in [0.717, 1.165) is 9.35 Å². The quantitative estimate of drug-likeness (QED) is 0.332. The summed E-state index contributed by atoms with van der Waals surface area (Å²) in [5, 5.41) is 12.9. The zero-order chi connectivity index (χ0) is 17.3. The lowest BCUT2D eigenvalue weighted by atomic mass is 10.2. The Labute approximate surface area is 148 Å². The Hall–Kier alpha value is -2.52. The maximum absolute atomic E-state index is 11.9. The molecule has 0 atom stereocenters. The highest BCUT2D eigenvalue weighted by molar-refractivity contribution is 9.11. The minimum atomic E-state index is -0.606. The van der Waals surface area contributed by atoms with E-state index in [2.05, 4.69) is 20.9 Å². The molecule has 0 radical (unpaired) electrons. The number of methoxy groups -OCH3 is 1. The zero-order valence-corrected chi connectivity index (χ0v) is 14.6. The number of esters is 1. The molecule has 1 aliphatic rings. The molecule has 0 N–H and O–H groups in total. The van der Waals surface area contributed by atoms with Crippen LogP contribution < -0.4 is 4.74 Å². The molecule has 0 saturated carbocycles. The topological polar surface area (TPSA) is 91.0 Å². The van der Waals surface area contributed by atoms with E-state index in [1.54, 1.807) is 12.1 Å². The van der Waals surface area contributed by atoms with E-state index in [1.807, 2.05) is 11.4 Å². The second kappa shape index (κ2) is 6.54. The molecule has 1 aromatic heterocycles. The summed E-state index contributed by atoms with van der Waals surface area (Å²) in [6, 6.07) is 6.08. The van der Waals surface area contributed by atoms with Crippen molar-refractivity contribution in [2.24, 2.45) is 4.99 Å². The average Bonchev–Trinajstić information content (AvgIpc) is 3.13. The number of cyclic esters (lactones) is 1. The van der Waals surface area contributed by atoms with Crippen molar-refractivity contribution in [3.63, 3.8) is 0 Å². The molecule has 2 heterocycles. The minimum absolute atomic E-state index is 0.0197. The summed E-state index contributed by atoms with van der Waals surface area (Å²) < 4.78 is 11.0. The van der Waals surface area contributed by atoms with Crippen LogP contribution >= 0.6 is 27.3 Å². The van der Waals surface area contributed by atoms with Crippen molar-refractivity contribution in [2.75, 3.05) is 7.11 Å². The lowest BCUT2D eigenvalue weighted by molar-refractivity contribution is -0.385. The van der Waals surface area contributed by atoms with Crippen molar-refractivity contribution in [3.05, 3.63) is 60.4 Å². The Bertz CT molecular complexity index is 903. The number of thiophene rings is 1. The van der Waals surface area contributed by atoms with Crippen LogP contribution in [0.5, 0.6) is 5.75 Å². The van der Waals surface area contributed by atoms with Crippen molar-refractivity contribution in [3.8, 4) is 5.75 Å². The molecule has 0 saturated heterocycles. The van der Waals surface area contributed by atoms with Crippen LogP contribution in [0.1, 0.15) is 11.1 Å². The van der Waals surface area contributed by atoms with E-state index in [-0.39, 0.29) is 23.0 Å². The van der Waals surface area contributed by atoms with Crippen LogP contribution in [-0.2, 0) is 9.53 Å². The lowest BCUT2D eigenvalue weighted by Gasteiger charge is -2.03. The number of nitro groups is 1. The van der Waals surface area contributed by atoms with E-state index in [1.165, 1.54) is 30.6 Å². The van der Waals surface area contributed by atoms with Crippen LogP contribution in [0.15, 0.2) is 44.1 Å². The first-order valence-corrected chi connectivity index (χ1v) is 8.24. The number of carbonyl (C=O) groups excluding carboxylic acids is 1. The summed E-state index contributed by atoms with van der Waals surface area (Å²) in [4.78, 5) is 26.6. The summed E-state index contributed by atoms with van der Waals surface area (Å²) in [5.41, 5.74) is 1.04. The molecule has 3 rings (SSSR count). The summed E-state index contributed by atoms with van der Waals surface area (Å²) in [6.45, 7) is 0. The Balaban J connectivity index is 1.97. The molecular formula is C15H9BrN2O5S. The monoisotopic (exact) mass is 408 g/mol. The van der Waals surface area contributed by atoms with Gasteiger partial charge in [0.25, 0.3) is 0 Å². The number of benzene rings is 1. The number of aliphatic imine (C=N–C) groups is 1. The first kappa shape index (κ1) is 16.3. The molecule has 0 spiro atoms. The third-order valence-corrected chi connectivity index (χ3v) is 4.66. The standard InChI is InChI=1S/C15H9BrN2O5S/c1-22-12-3-2-9(6-11(12)18(20)21)14-17-10(15(19)23-14)4-8-5-13(16)24-7-8/h2-7H,1H3/b10-4+. The molecule has 0 fully saturated rings. The van der Waals surface area contributed by atoms with Crippen LogP contribution in [0.25, 0.3) is 6.08 Å². The molecule has 24 heavy (non-hydrogen) atoms. The second-order valence-electron chi connectivity index (χ2n) is 4.66. The highest BCUT2D eigenvalue weighted by Crippen LogP contribution is 2.30. The predicted octanol–water partition coefficient (Wildman–Crippen LogP) is 3.77. The fourth-order valence-electron chi connectivity index (χ4n) is 2.06. The molecule has 1 aliphatic heterocycles. The number of halogens is 1. The molecule has 2 aromatic rings. The van der Waals surface area contributed by atoms with Crippen LogP contribution in [-0.4, -0.2) is 23.9 Å². The van der Waals surface area contributed by atoms with Crippen molar-refractivity contribution < 1.29 is 19.2 Å². The summed E-state index contributed by atoms with van der Waals surface area (Å²) in [6.07, 6.45) is 1.59. The van der Waals surface area contributed by atoms with E-state index in [4.69, 9.17) is 9.47 Å². The normalized spacial score (nSPS) is 15.3. The van der Waals surface area contributed by atoms with Crippen molar-refractivity contribution in [1.29, 1.82) is 0 Å². The van der Waals surface area contributed by atoms with Gasteiger partial charge in [-0.2, -0.15) is 0 Å². The molecule has 0 aliphatic carbocycles. The third kappa shape index (κ3) is 3.22. The van der Waals surface area contributed by atoms with Gasteiger partial charge in [0.15, 0.2) is 11.4 Å². The van der Waals surface area contributed by atoms with Gasteiger partial charge < -0.3 is 9.47 Å². The SMILES string of the molecule is COc1ccc(C2=N/C(=C/c3csc(Br)c3)C(=O)O2)cc1[N+](=O)[O-]. The maximum Gasteiger partial charge on any atom is 0.363 e. The Morgan fingerprint density at radius 1 is 1.42 bits per heavy atom. The first-order chi connectivity index (χ1) is 11.5. The second-order valence-corrected chi connectivity index (χ2v) is 6.95. The number of nitrogens with zero attached hydrogens (tertiary/aromatic N) is 2. The number of ether oxygens (including phenoxy) is 2. The van der Waals surface area contributed by atoms with Crippen molar-refractivity contribution >= 4 is 50.9 Å². The van der Waals surface area contributed by atoms with Gasteiger partial charge in [0.1, 0.15) is 0 Å². The molecule has 122 valence electrons. The van der Waals surface area contributed by atoms with Gasteiger partial charge in [0, 0.05) is 11.6 Å². The van der Waals surface area contributed by atoms with Crippen LogP contribution in [0.3, 0.4) is 0 Å². The van der Waals surface area contributed by atoms with Crippen LogP contribution in [0.2, 0.25) is 0 Å². The molecule has 7 nitrogen and oxygen atoms in total. The van der Waals surface area contributed by atoms with Crippen molar-refractivity contribution in [2.45, 2.75) is 0 Å². The average molecular weight is 409 g/mol. The number of rotatable bonds is 4. The van der Waals surface area contributed by atoms with E-state index < -0.39 is 10.9 Å². The van der Waals surface area contributed by atoms with Gasteiger partial charge in [0.2, 0.25) is 5.90 Å². The number of hydrogen-bond donors (Lipinski definition) is 0. The van der Waals surface area contributed by atoms with E-state index >= 15 is 0 Å². The zero-order valence-electron chi connectivity index (χ0n) is 12.2. The van der Waals surface area contributed by atoms with Gasteiger partial charge in [-0.3, -0.25) is 10.1 Å². The van der Waals surface area contributed by atoms with Gasteiger partial charge in [-0.25, -0.2) is 9.79 Å². The minimum Gasteiger partial charge on any atom is -0.490 e. The molecule has 0 amide bonds. The largest absolute Gasteiger partial charge is 0.490 e. The van der Waals surface area contributed by atoms with Crippen LogP contribution in [0.4, 0.5) is 5.69 Å². The van der Waals surface area contributed by atoms with Gasteiger partial charge in [0.05, 0.1) is 15.8 Å². The predicted molar refractivity (Wildman–Crippen MR) is 92.3 cm³/mol. The smallest absolute Gasteiger partial charge is 0.363 e. The number of nitro benzene ring substituents is 1. The first-order valence-electron chi connectivity index (χ1n) is 6.57. The van der Waals surface area contributed by atoms with Gasteiger partial charge in [-0.05, 0) is 51.1 Å². The van der Waals surface area contributed by atoms with Gasteiger partial charge in [-0.15, -0.1) is 11.3 Å². The highest BCUT2D eigenvalue weighted by Gasteiger charge is 2.26. The number of hydrogen-bond acceptors (Lipinski definition) is 7. The number of carbonyl (C=O) groups is 1. The fourth-order valence-corrected chi connectivity index (χ4v) is 3.19. The van der Waals surface area contributed by atoms with E-state index in [0.29, 0.717) is 5.56 Å². The van der Waals surface area contributed by atoms with Gasteiger partial charge >= 0.3 is 11.7 Å². The third-order valence-electron chi connectivity index (χ3n) is 3.13. The molecule has 0 unspecified atom stereocenters. The lowest BCUT2D eigenvalue weighted by Crippen LogP contribution is -2.06. The molecule has 0 bridgehead atoms. The highest BCUT2D eigenvalue weighted by atomic mass is 79.9. The summed E-state index contributed by atoms with van der Waals surface area (Å²) >= 11 is 4.82.